The minimum absolute atomic E-state index is 0.275. The number of rotatable bonds is 16. The number of likely N-dealkylation sites (tertiary alicyclic amines) is 1. The fraction of sp³-hybridized carbons (Fsp3) is 0.577. The molecule has 1 aromatic carbocycles. The highest BCUT2D eigenvalue weighted by molar-refractivity contribution is 7.98. The molecule has 0 radical (unpaired) electrons. The summed E-state index contributed by atoms with van der Waals surface area (Å²) in [7, 11) is 4.08. The molecule has 1 aromatic heterocycles. The molecule has 0 aliphatic carbocycles. The van der Waals surface area contributed by atoms with E-state index in [-0.39, 0.29) is 11.5 Å². The van der Waals surface area contributed by atoms with Crippen LogP contribution in [-0.2, 0) is 18.8 Å². The van der Waals surface area contributed by atoms with Crippen molar-refractivity contribution < 1.29 is 9.66 Å². The molecule has 0 amide bonds. The highest BCUT2D eigenvalue weighted by Gasteiger charge is 2.13. The van der Waals surface area contributed by atoms with Crippen molar-refractivity contribution in [1.29, 1.82) is 0 Å². The predicted octanol–water partition coefficient (Wildman–Crippen LogP) is 4.37. The number of thiophene rings is 1. The zero-order valence-corrected chi connectivity index (χ0v) is 23.1. The van der Waals surface area contributed by atoms with Gasteiger partial charge in [-0.2, -0.15) is 11.8 Å². The maximum Gasteiger partial charge on any atom is 0.259 e. The Morgan fingerprint density at radius 1 is 1.25 bits per heavy atom. The fourth-order valence-electron chi connectivity index (χ4n) is 4.04. The van der Waals surface area contributed by atoms with Crippen LogP contribution in [0.2, 0.25) is 0 Å². The number of aliphatic imine (C=N–C) groups is 1. The van der Waals surface area contributed by atoms with Gasteiger partial charge in [0, 0.05) is 58.8 Å². The highest BCUT2D eigenvalue weighted by atomic mass is 32.2. The minimum atomic E-state index is -0.334. The second kappa shape index (κ2) is 15.9. The molecule has 0 unspecified atom stereocenters. The molecular formula is C26H39N5O3S2. The summed E-state index contributed by atoms with van der Waals surface area (Å²) in [5, 5.41) is 14.2. The SMILES string of the molecule is CN(C)Cc1cccc(OCCCN=C(C[N+](=O)[O-])NCCSCc2ccc(CN3CCCC3)s2)c1. The van der Waals surface area contributed by atoms with Gasteiger partial charge >= 0.3 is 0 Å². The van der Waals surface area contributed by atoms with Crippen molar-refractivity contribution in [3.63, 3.8) is 0 Å². The largest absolute Gasteiger partial charge is 0.494 e. The van der Waals surface area contributed by atoms with Gasteiger partial charge in [0.2, 0.25) is 0 Å². The van der Waals surface area contributed by atoms with Crippen LogP contribution in [0.3, 0.4) is 0 Å². The van der Waals surface area contributed by atoms with Crippen LogP contribution in [0, 0.1) is 10.1 Å². The average molecular weight is 534 g/mol. The predicted molar refractivity (Wildman–Crippen MR) is 151 cm³/mol. The van der Waals surface area contributed by atoms with E-state index in [1.54, 1.807) is 0 Å². The third-order valence-electron chi connectivity index (χ3n) is 5.67. The third-order valence-corrected chi connectivity index (χ3v) is 7.93. The lowest BCUT2D eigenvalue weighted by atomic mass is 10.2. The lowest BCUT2D eigenvalue weighted by Crippen LogP contribution is -2.32. The minimum Gasteiger partial charge on any atom is -0.494 e. The number of thioether (sulfide) groups is 1. The number of hydrogen-bond acceptors (Lipinski definition) is 8. The van der Waals surface area contributed by atoms with Crippen molar-refractivity contribution in [2.45, 2.75) is 38.1 Å². The van der Waals surface area contributed by atoms with Crippen LogP contribution in [0.4, 0.5) is 0 Å². The Balaban J connectivity index is 1.31. The van der Waals surface area contributed by atoms with Crippen LogP contribution in [0.25, 0.3) is 0 Å². The van der Waals surface area contributed by atoms with Gasteiger partial charge in [0.05, 0.1) is 6.61 Å². The molecule has 3 rings (SSSR count). The smallest absolute Gasteiger partial charge is 0.259 e. The van der Waals surface area contributed by atoms with E-state index < -0.39 is 0 Å². The first-order valence-corrected chi connectivity index (χ1v) is 14.6. The summed E-state index contributed by atoms with van der Waals surface area (Å²) in [6, 6.07) is 12.6. The van der Waals surface area contributed by atoms with Crippen molar-refractivity contribution in [2.24, 2.45) is 4.99 Å². The van der Waals surface area contributed by atoms with Crippen LogP contribution >= 0.6 is 23.1 Å². The number of ether oxygens (including phenoxy) is 1. The van der Waals surface area contributed by atoms with E-state index in [1.807, 2.05) is 55.4 Å². The number of amidine groups is 1. The highest BCUT2D eigenvalue weighted by Crippen LogP contribution is 2.24. The zero-order valence-electron chi connectivity index (χ0n) is 21.5. The van der Waals surface area contributed by atoms with Crippen LogP contribution in [0.1, 0.15) is 34.6 Å². The normalized spacial score (nSPS) is 14.5. The van der Waals surface area contributed by atoms with Gasteiger partial charge in [-0.25, -0.2) is 0 Å². The first-order valence-electron chi connectivity index (χ1n) is 12.6. The summed E-state index contributed by atoms with van der Waals surface area (Å²) >= 11 is 3.74. The molecule has 0 atom stereocenters. The summed E-state index contributed by atoms with van der Waals surface area (Å²) in [6.07, 6.45) is 3.35. The molecule has 198 valence electrons. The van der Waals surface area contributed by atoms with Crippen LogP contribution < -0.4 is 10.1 Å². The number of nitrogens with one attached hydrogen (secondary N) is 1. The second-order valence-electron chi connectivity index (χ2n) is 9.24. The van der Waals surface area contributed by atoms with Crippen molar-refractivity contribution in [1.82, 2.24) is 15.1 Å². The third kappa shape index (κ3) is 11.3. The molecule has 2 heterocycles. The summed E-state index contributed by atoms with van der Waals surface area (Å²) in [4.78, 5) is 22.6. The standard InChI is InChI=1S/C26H39N5O3S2/c1-29(2)18-22-7-5-8-23(17-22)34-15-6-11-27-26(20-31(32)33)28-12-16-35-21-25-10-9-24(36-25)19-30-13-3-4-14-30/h5,7-10,17H,3-4,6,11-16,18-21H2,1-2H3,(H,27,28). The van der Waals surface area contributed by atoms with Crippen molar-refractivity contribution >= 4 is 28.9 Å². The molecule has 0 spiro atoms. The fourth-order valence-corrected chi connectivity index (χ4v) is 6.07. The van der Waals surface area contributed by atoms with E-state index in [1.165, 1.54) is 41.2 Å². The van der Waals surface area contributed by atoms with E-state index in [2.05, 4.69) is 38.3 Å². The van der Waals surface area contributed by atoms with Crippen molar-refractivity contribution in [3.8, 4) is 5.75 Å². The van der Waals surface area contributed by atoms with Gasteiger partial charge in [0.25, 0.3) is 6.54 Å². The molecule has 36 heavy (non-hydrogen) atoms. The van der Waals surface area contributed by atoms with Crippen molar-refractivity contribution in [3.05, 3.63) is 61.8 Å². The molecule has 0 bridgehead atoms. The number of benzene rings is 1. The van der Waals surface area contributed by atoms with E-state index in [0.29, 0.717) is 32.0 Å². The Hall–Kier alpha value is -2.14. The summed E-state index contributed by atoms with van der Waals surface area (Å²) < 4.78 is 5.84. The van der Waals surface area contributed by atoms with Crippen LogP contribution in [-0.4, -0.2) is 79.7 Å². The Labute approximate surface area is 223 Å². The van der Waals surface area contributed by atoms with E-state index >= 15 is 0 Å². The summed E-state index contributed by atoms with van der Waals surface area (Å²) in [5.41, 5.74) is 1.20. The summed E-state index contributed by atoms with van der Waals surface area (Å²) in [5.74, 6) is 3.13. The Kier molecular flexibility index (Phi) is 12.5. The molecule has 1 aliphatic heterocycles. The van der Waals surface area contributed by atoms with Gasteiger partial charge < -0.3 is 15.0 Å². The van der Waals surface area contributed by atoms with Crippen LogP contribution in [0.15, 0.2) is 41.4 Å². The first-order chi connectivity index (χ1) is 17.5. The molecule has 1 aliphatic rings. The van der Waals surface area contributed by atoms with Gasteiger partial charge in [-0.3, -0.25) is 20.0 Å². The lowest BCUT2D eigenvalue weighted by Gasteiger charge is -2.12. The molecule has 1 saturated heterocycles. The molecule has 1 fully saturated rings. The van der Waals surface area contributed by atoms with E-state index in [9.17, 15) is 10.1 Å². The Morgan fingerprint density at radius 3 is 2.83 bits per heavy atom. The lowest BCUT2D eigenvalue weighted by molar-refractivity contribution is -0.463. The van der Waals surface area contributed by atoms with Gasteiger partial charge in [0.1, 0.15) is 5.75 Å². The first kappa shape index (κ1) is 28.4. The zero-order chi connectivity index (χ0) is 25.6. The molecule has 8 nitrogen and oxygen atoms in total. The molecule has 0 saturated carbocycles. The van der Waals surface area contributed by atoms with Gasteiger partial charge in [-0.05, 0) is 69.9 Å². The monoisotopic (exact) mass is 533 g/mol. The molecule has 1 N–H and O–H groups in total. The number of hydrogen-bond donors (Lipinski definition) is 1. The number of nitro groups is 1. The van der Waals surface area contributed by atoms with Gasteiger partial charge in [-0.15, -0.1) is 11.3 Å². The quantitative estimate of drug-likeness (QED) is 0.113. The van der Waals surface area contributed by atoms with Crippen LogP contribution in [0.5, 0.6) is 5.75 Å². The molecule has 2 aromatic rings. The maximum absolute atomic E-state index is 11.0. The van der Waals surface area contributed by atoms with Crippen molar-refractivity contribution in [2.75, 3.05) is 59.2 Å². The molecule has 10 heteroatoms. The second-order valence-corrected chi connectivity index (χ2v) is 11.6. The van der Waals surface area contributed by atoms with E-state index in [4.69, 9.17) is 4.74 Å². The number of nitrogens with zero attached hydrogens (tertiary/aromatic N) is 4. The van der Waals surface area contributed by atoms with Gasteiger partial charge in [-0.1, -0.05) is 12.1 Å². The topological polar surface area (TPSA) is 83.2 Å². The average Bonchev–Trinajstić information content (AvgIpc) is 3.50. The molecular weight excluding hydrogens is 494 g/mol. The Morgan fingerprint density at radius 2 is 2.06 bits per heavy atom. The summed E-state index contributed by atoms with van der Waals surface area (Å²) in [6.45, 7) is 5.79. The maximum atomic E-state index is 11.0. The Bertz CT molecular complexity index is 961. The van der Waals surface area contributed by atoms with Gasteiger partial charge in [0.15, 0.2) is 5.84 Å². The van der Waals surface area contributed by atoms with E-state index in [0.717, 1.165) is 30.3 Å².